The first-order valence-electron chi connectivity index (χ1n) is 8.15. The maximum atomic E-state index is 12.4. The largest absolute Gasteiger partial charge is 0.497 e. The molecule has 0 atom stereocenters. The first-order valence-corrected chi connectivity index (χ1v) is 8.15. The van der Waals surface area contributed by atoms with E-state index in [-0.39, 0.29) is 5.56 Å². The van der Waals surface area contributed by atoms with Gasteiger partial charge in [0.15, 0.2) is 0 Å². The van der Waals surface area contributed by atoms with E-state index in [1.165, 1.54) is 0 Å². The Bertz CT molecular complexity index is 1060. The molecule has 0 bridgehead atoms. The van der Waals surface area contributed by atoms with Gasteiger partial charge in [-0.25, -0.2) is 0 Å². The van der Waals surface area contributed by atoms with Crippen LogP contribution in [0.4, 0.5) is 0 Å². The van der Waals surface area contributed by atoms with Gasteiger partial charge >= 0.3 is 0 Å². The summed E-state index contributed by atoms with van der Waals surface area (Å²) in [5.74, 6) is 0.686. The van der Waals surface area contributed by atoms with Crippen molar-refractivity contribution in [2.24, 2.45) is 0 Å². The maximum Gasteiger partial charge on any atom is 0.256 e. The fourth-order valence-electron chi connectivity index (χ4n) is 3.03. The molecular formula is C21H18N2O2. The van der Waals surface area contributed by atoms with Gasteiger partial charge in [0.1, 0.15) is 5.75 Å². The number of fused-ring (bicyclic) bond motifs is 1. The van der Waals surface area contributed by atoms with Crippen molar-refractivity contribution in [2.45, 2.75) is 6.42 Å². The van der Waals surface area contributed by atoms with Gasteiger partial charge < -0.3 is 14.3 Å². The van der Waals surface area contributed by atoms with Crippen LogP contribution in [-0.2, 0) is 6.42 Å². The summed E-state index contributed by atoms with van der Waals surface area (Å²) in [5.41, 5.74) is 3.08. The molecule has 2 aromatic carbocycles. The minimum atomic E-state index is -0.0876. The fraction of sp³-hybridized carbons (Fsp3) is 0.0952. The third-order valence-corrected chi connectivity index (χ3v) is 4.34. The highest BCUT2D eigenvalue weighted by molar-refractivity contribution is 5.83. The number of hydrogen-bond acceptors (Lipinski definition) is 2. The van der Waals surface area contributed by atoms with E-state index in [9.17, 15) is 4.79 Å². The van der Waals surface area contributed by atoms with Crippen molar-refractivity contribution >= 4 is 10.8 Å². The Morgan fingerprint density at radius 2 is 1.76 bits per heavy atom. The van der Waals surface area contributed by atoms with Crippen LogP contribution in [-0.4, -0.2) is 16.7 Å². The summed E-state index contributed by atoms with van der Waals surface area (Å²) in [7, 11) is 1.60. The molecule has 4 aromatic rings. The zero-order valence-electron chi connectivity index (χ0n) is 13.9. The predicted octanol–water partition coefficient (Wildman–Crippen LogP) is 3.92. The molecule has 0 spiro atoms. The minimum absolute atomic E-state index is 0.0876. The van der Waals surface area contributed by atoms with Crippen molar-refractivity contribution in [3.8, 4) is 11.4 Å². The van der Waals surface area contributed by atoms with Crippen LogP contribution >= 0.6 is 0 Å². The summed E-state index contributed by atoms with van der Waals surface area (Å²) in [6, 6.07) is 19.9. The second kappa shape index (κ2) is 6.32. The first kappa shape index (κ1) is 15.3. The number of methoxy groups -OCH3 is 1. The van der Waals surface area contributed by atoms with Crippen molar-refractivity contribution in [1.82, 2.24) is 9.55 Å². The minimum Gasteiger partial charge on any atom is -0.497 e. The van der Waals surface area contributed by atoms with Crippen molar-refractivity contribution in [3.63, 3.8) is 0 Å². The van der Waals surface area contributed by atoms with E-state index in [4.69, 9.17) is 4.74 Å². The number of rotatable bonds is 4. The number of hydrogen-bond donors (Lipinski definition) is 1. The Balaban J connectivity index is 1.63. The van der Waals surface area contributed by atoms with E-state index in [0.29, 0.717) is 17.6 Å². The van der Waals surface area contributed by atoms with Crippen molar-refractivity contribution in [1.29, 1.82) is 0 Å². The average molecular weight is 330 g/mol. The summed E-state index contributed by atoms with van der Waals surface area (Å²) in [6.45, 7) is 0. The van der Waals surface area contributed by atoms with Crippen LogP contribution in [0.25, 0.3) is 16.5 Å². The molecule has 0 saturated carbocycles. The van der Waals surface area contributed by atoms with Crippen LogP contribution in [0.3, 0.4) is 0 Å². The molecule has 4 heteroatoms. The van der Waals surface area contributed by atoms with Crippen LogP contribution in [0.5, 0.6) is 5.75 Å². The van der Waals surface area contributed by atoms with Crippen LogP contribution in [0, 0.1) is 0 Å². The van der Waals surface area contributed by atoms with Gasteiger partial charge in [-0.05, 0) is 53.4 Å². The lowest BCUT2D eigenvalue weighted by Crippen LogP contribution is -2.09. The lowest BCUT2D eigenvalue weighted by atomic mass is 10.1. The summed E-state index contributed by atoms with van der Waals surface area (Å²) >= 11 is 0. The zero-order valence-corrected chi connectivity index (χ0v) is 13.9. The smallest absolute Gasteiger partial charge is 0.256 e. The second-order valence-electron chi connectivity index (χ2n) is 6.01. The highest BCUT2D eigenvalue weighted by Gasteiger charge is 2.05. The van der Waals surface area contributed by atoms with Gasteiger partial charge in [-0.15, -0.1) is 0 Å². The molecule has 4 nitrogen and oxygen atoms in total. The lowest BCUT2D eigenvalue weighted by Gasteiger charge is -2.07. The van der Waals surface area contributed by atoms with Gasteiger partial charge in [0.05, 0.1) is 12.5 Å². The highest BCUT2D eigenvalue weighted by atomic mass is 16.5. The zero-order chi connectivity index (χ0) is 17.2. The number of aromatic nitrogens is 2. The third kappa shape index (κ3) is 3.06. The van der Waals surface area contributed by atoms with Crippen molar-refractivity contribution in [3.05, 3.63) is 94.7 Å². The molecule has 2 aromatic heterocycles. The number of ether oxygens (including phenoxy) is 1. The van der Waals surface area contributed by atoms with Gasteiger partial charge in [0, 0.05) is 30.2 Å². The molecule has 4 rings (SSSR count). The Labute approximate surface area is 145 Å². The average Bonchev–Trinajstić information content (AvgIpc) is 3.17. The Kier molecular flexibility index (Phi) is 3.86. The predicted molar refractivity (Wildman–Crippen MR) is 99.7 cm³/mol. The van der Waals surface area contributed by atoms with E-state index in [1.54, 1.807) is 13.2 Å². The number of nitrogens with one attached hydrogen (secondary N) is 1. The van der Waals surface area contributed by atoms with Gasteiger partial charge in [0.2, 0.25) is 0 Å². The van der Waals surface area contributed by atoms with Crippen molar-refractivity contribution < 1.29 is 4.74 Å². The molecular weight excluding hydrogens is 312 g/mol. The van der Waals surface area contributed by atoms with E-state index < -0.39 is 0 Å². The second-order valence-corrected chi connectivity index (χ2v) is 6.01. The molecule has 0 saturated heterocycles. The molecule has 0 unspecified atom stereocenters. The fourth-order valence-corrected chi connectivity index (χ4v) is 3.03. The summed E-state index contributed by atoms with van der Waals surface area (Å²) < 4.78 is 7.25. The number of nitrogens with zero attached hydrogens (tertiary/aromatic N) is 1. The topological polar surface area (TPSA) is 47.0 Å². The number of pyridine rings is 1. The monoisotopic (exact) mass is 330 g/mol. The molecule has 1 N–H and O–H groups in total. The molecule has 0 amide bonds. The molecule has 0 aliphatic heterocycles. The number of aromatic amines is 1. The van der Waals surface area contributed by atoms with E-state index in [1.807, 2.05) is 42.7 Å². The molecule has 0 aliphatic carbocycles. The maximum absolute atomic E-state index is 12.4. The molecule has 2 heterocycles. The lowest BCUT2D eigenvalue weighted by molar-refractivity contribution is 0.415. The van der Waals surface area contributed by atoms with Gasteiger partial charge in [0.25, 0.3) is 5.56 Å². The molecule has 25 heavy (non-hydrogen) atoms. The van der Waals surface area contributed by atoms with E-state index in [0.717, 1.165) is 22.3 Å². The SMILES string of the molecule is COc1ccc2cc(Cc3ccc(-n4cccc4)cc3)[nH]c(=O)c2c1. The van der Waals surface area contributed by atoms with Crippen molar-refractivity contribution in [2.75, 3.05) is 7.11 Å². The van der Waals surface area contributed by atoms with Gasteiger partial charge in [-0.2, -0.15) is 0 Å². The Morgan fingerprint density at radius 1 is 1.00 bits per heavy atom. The number of benzene rings is 2. The quantitative estimate of drug-likeness (QED) is 0.616. The Hall–Kier alpha value is -3.27. The first-order chi connectivity index (χ1) is 12.2. The van der Waals surface area contributed by atoms with Crippen LogP contribution < -0.4 is 10.3 Å². The van der Waals surface area contributed by atoms with Crippen LogP contribution in [0.2, 0.25) is 0 Å². The molecule has 0 aliphatic rings. The summed E-state index contributed by atoms with van der Waals surface area (Å²) in [4.78, 5) is 15.3. The standard InChI is InChI=1S/C21H18N2O2/c1-25-19-9-6-16-13-17(22-21(24)20(16)14-19)12-15-4-7-18(8-5-15)23-10-2-3-11-23/h2-11,13-14H,12H2,1H3,(H,22,24). The Morgan fingerprint density at radius 3 is 2.48 bits per heavy atom. The summed E-state index contributed by atoms with van der Waals surface area (Å²) in [5, 5.41) is 1.56. The van der Waals surface area contributed by atoms with Gasteiger partial charge in [-0.3, -0.25) is 4.79 Å². The molecule has 0 fully saturated rings. The molecule has 124 valence electrons. The molecule has 0 radical (unpaired) electrons. The third-order valence-electron chi connectivity index (χ3n) is 4.34. The van der Waals surface area contributed by atoms with Gasteiger partial charge in [-0.1, -0.05) is 18.2 Å². The van der Waals surface area contributed by atoms with E-state index >= 15 is 0 Å². The normalized spacial score (nSPS) is 10.9. The van der Waals surface area contributed by atoms with E-state index in [2.05, 4.69) is 33.8 Å². The van der Waals surface area contributed by atoms with Crippen LogP contribution in [0.15, 0.2) is 77.9 Å². The van der Waals surface area contributed by atoms with Crippen LogP contribution in [0.1, 0.15) is 11.3 Å². The summed E-state index contributed by atoms with van der Waals surface area (Å²) in [6.07, 6.45) is 4.72. The number of H-pyrrole nitrogens is 1. The highest BCUT2D eigenvalue weighted by Crippen LogP contribution is 2.19.